The monoisotopic (exact) mass is 356 g/mol. The lowest BCUT2D eigenvalue weighted by Gasteiger charge is -2.19. The minimum absolute atomic E-state index is 0.00120. The number of benzene rings is 1. The number of aromatic nitrogens is 1. The quantitative estimate of drug-likeness (QED) is 0.806. The van der Waals surface area contributed by atoms with Crippen molar-refractivity contribution in [1.29, 1.82) is 0 Å². The molecule has 0 spiro atoms. The molecule has 0 fully saturated rings. The van der Waals surface area contributed by atoms with E-state index in [4.69, 9.17) is 27.9 Å². The molecular weight excluding hydrogens is 342 g/mol. The molecule has 0 aliphatic heterocycles. The van der Waals surface area contributed by atoms with Crippen LogP contribution in [0.5, 0.6) is 5.88 Å². The summed E-state index contributed by atoms with van der Waals surface area (Å²) in [6.45, 7) is 2.23. The van der Waals surface area contributed by atoms with Gasteiger partial charge in [0.25, 0.3) is 5.91 Å². The lowest BCUT2D eigenvalue weighted by Crippen LogP contribution is -2.28. The Morgan fingerprint density at radius 2 is 2.00 bits per heavy atom. The van der Waals surface area contributed by atoms with Gasteiger partial charge in [-0.05, 0) is 25.1 Å². The SMILES string of the molecule is CCOc1ccc(Cl)c(C(=O)N(C)Cc2c(F)cccc2Cl)n1. The van der Waals surface area contributed by atoms with Gasteiger partial charge in [-0.2, -0.15) is 0 Å². The van der Waals surface area contributed by atoms with Crippen LogP contribution in [0.1, 0.15) is 23.0 Å². The molecule has 0 saturated carbocycles. The van der Waals surface area contributed by atoms with E-state index < -0.39 is 11.7 Å². The van der Waals surface area contributed by atoms with Crippen molar-refractivity contribution in [3.63, 3.8) is 0 Å². The van der Waals surface area contributed by atoms with Gasteiger partial charge in [-0.15, -0.1) is 0 Å². The molecule has 0 bridgehead atoms. The maximum absolute atomic E-state index is 13.8. The number of amides is 1. The maximum Gasteiger partial charge on any atom is 0.274 e. The molecule has 0 saturated heterocycles. The van der Waals surface area contributed by atoms with Crippen LogP contribution in [-0.2, 0) is 6.54 Å². The van der Waals surface area contributed by atoms with Gasteiger partial charge in [0, 0.05) is 23.7 Å². The van der Waals surface area contributed by atoms with Gasteiger partial charge in [0.1, 0.15) is 5.82 Å². The number of rotatable bonds is 5. The van der Waals surface area contributed by atoms with E-state index in [1.165, 1.54) is 30.1 Å². The van der Waals surface area contributed by atoms with Gasteiger partial charge in [0.05, 0.1) is 18.2 Å². The van der Waals surface area contributed by atoms with Gasteiger partial charge in [-0.1, -0.05) is 29.3 Å². The maximum atomic E-state index is 13.8. The van der Waals surface area contributed by atoms with Crippen molar-refractivity contribution in [1.82, 2.24) is 9.88 Å². The Balaban J connectivity index is 2.24. The molecule has 0 aliphatic carbocycles. The van der Waals surface area contributed by atoms with Crippen molar-refractivity contribution in [3.8, 4) is 5.88 Å². The van der Waals surface area contributed by atoms with Crippen LogP contribution >= 0.6 is 23.2 Å². The fraction of sp³-hybridized carbons (Fsp3) is 0.250. The molecule has 1 amide bonds. The first-order valence-electron chi connectivity index (χ1n) is 6.91. The number of ether oxygens (including phenoxy) is 1. The van der Waals surface area contributed by atoms with Gasteiger partial charge in [0.2, 0.25) is 5.88 Å². The second-order valence-electron chi connectivity index (χ2n) is 4.77. The molecule has 0 radical (unpaired) electrons. The third-order valence-electron chi connectivity index (χ3n) is 3.12. The minimum atomic E-state index is -0.473. The number of carbonyl (C=O) groups excluding carboxylic acids is 1. The van der Waals surface area contributed by atoms with Crippen molar-refractivity contribution in [3.05, 3.63) is 57.5 Å². The van der Waals surface area contributed by atoms with Crippen LogP contribution in [0, 0.1) is 5.82 Å². The van der Waals surface area contributed by atoms with Crippen molar-refractivity contribution in [2.75, 3.05) is 13.7 Å². The summed E-state index contributed by atoms with van der Waals surface area (Å²) in [6, 6.07) is 7.49. The van der Waals surface area contributed by atoms with E-state index in [0.29, 0.717) is 12.5 Å². The predicted molar refractivity (Wildman–Crippen MR) is 87.6 cm³/mol. The van der Waals surface area contributed by atoms with Gasteiger partial charge in [-0.3, -0.25) is 4.79 Å². The number of carbonyl (C=O) groups is 1. The van der Waals surface area contributed by atoms with E-state index in [2.05, 4.69) is 4.98 Å². The summed E-state index contributed by atoms with van der Waals surface area (Å²) in [6.07, 6.45) is 0. The molecule has 0 unspecified atom stereocenters. The van der Waals surface area contributed by atoms with E-state index in [0.717, 1.165) is 0 Å². The summed E-state index contributed by atoms with van der Waals surface area (Å²) in [5, 5.41) is 0.455. The lowest BCUT2D eigenvalue weighted by atomic mass is 10.2. The first kappa shape index (κ1) is 17.5. The number of hydrogen-bond acceptors (Lipinski definition) is 3. The van der Waals surface area contributed by atoms with Gasteiger partial charge >= 0.3 is 0 Å². The molecule has 1 aromatic heterocycles. The second-order valence-corrected chi connectivity index (χ2v) is 5.59. The summed E-state index contributed by atoms with van der Waals surface area (Å²) >= 11 is 12.0. The number of nitrogens with zero attached hydrogens (tertiary/aromatic N) is 2. The van der Waals surface area contributed by atoms with Gasteiger partial charge in [0.15, 0.2) is 5.69 Å². The summed E-state index contributed by atoms with van der Waals surface area (Å²) in [7, 11) is 1.52. The molecule has 7 heteroatoms. The largest absolute Gasteiger partial charge is 0.478 e. The second kappa shape index (κ2) is 7.62. The number of pyridine rings is 1. The fourth-order valence-corrected chi connectivity index (χ4v) is 2.38. The Kier molecular flexibility index (Phi) is 5.80. The van der Waals surface area contributed by atoms with E-state index >= 15 is 0 Å². The Morgan fingerprint density at radius 1 is 1.26 bits per heavy atom. The van der Waals surface area contributed by atoms with Gasteiger partial charge in [-0.25, -0.2) is 9.37 Å². The highest BCUT2D eigenvalue weighted by molar-refractivity contribution is 6.33. The molecule has 1 heterocycles. The molecule has 0 aliphatic rings. The molecule has 0 atom stereocenters. The number of hydrogen-bond donors (Lipinski definition) is 0. The van der Waals surface area contributed by atoms with Gasteiger partial charge < -0.3 is 9.64 Å². The average Bonchev–Trinajstić information content (AvgIpc) is 2.52. The normalized spacial score (nSPS) is 10.5. The predicted octanol–water partition coefficient (Wildman–Crippen LogP) is 4.20. The first-order valence-corrected chi connectivity index (χ1v) is 7.67. The van der Waals surface area contributed by atoms with Crippen LogP contribution in [-0.4, -0.2) is 29.4 Å². The van der Waals surface area contributed by atoms with E-state index in [9.17, 15) is 9.18 Å². The zero-order valence-electron chi connectivity index (χ0n) is 12.6. The molecule has 2 aromatic rings. The fourth-order valence-electron chi connectivity index (χ4n) is 1.98. The van der Waals surface area contributed by atoms with Crippen LogP contribution in [0.3, 0.4) is 0 Å². The van der Waals surface area contributed by atoms with Crippen molar-refractivity contribution < 1.29 is 13.9 Å². The van der Waals surface area contributed by atoms with Crippen LogP contribution in [0.15, 0.2) is 30.3 Å². The van der Waals surface area contributed by atoms with E-state index in [-0.39, 0.29) is 27.8 Å². The smallest absolute Gasteiger partial charge is 0.274 e. The minimum Gasteiger partial charge on any atom is -0.478 e. The Bertz CT molecular complexity index is 705. The molecule has 122 valence electrons. The standard InChI is InChI=1S/C16H15Cl2FN2O2/c1-3-23-14-8-7-12(18)15(20-14)16(22)21(2)9-10-11(17)5-4-6-13(10)19/h4-8H,3,9H2,1-2H3. The summed E-state index contributed by atoms with van der Waals surface area (Å²) in [5.74, 6) is -0.618. The Hall–Kier alpha value is -1.85. The molecule has 1 aromatic carbocycles. The average molecular weight is 357 g/mol. The molecule has 2 rings (SSSR count). The third kappa shape index (κ3) is 4.12. The van der Waals surface area contributed by atoms with Crippen molar-refractivity contribution >= 4 is 29.1 Å². The summed E-state index contributed by atoms with van der Waals surface area (Å²) < 4.78 is 19.1. The Morgan fingerprint density at radius 3 is 2.65 bits per heavy atom. The molecule has 23 heavy (non-hydrogen) atoms. The highest BCUT2D eigenvalue weighted by Gasteiger charge is 2.20. The Labute approximate surface area is 143 Å². The number of halogens is 3. The summed E-state index contributed by atoms with van der Waals surface area (Å²) in [4.78, 5) is 17.9. The van der Waals surface area contributed by atoms with E-state index in [1.807, 2.05) is 6.92 Å². The molecule has 0 N–H and O–H groups in total. The highest BCUT2D eigenvalue weighted by atomic mass is 35.5. The van der Waals surface area contributed by atoms with Crippen molar-refractivity contribution in [2.45, 2.75) is 13.5 Å². The third-order valence-corrected chi connectivity index (χ3v) is 3.78. The van der Waals surface area contributed by atoms with Crippen LogP contribution in [0.2, 0.25) is 10.0 Å². The highest BCUT2D eigenvalue weighted by Crippen LogP contribution is 2.23. The zero-order valence-corrected chi connectivity index (χ0v) is 14.2. The lowest BCUT2D eigenvalue weighted by molar-refractivity contribution is 0.0777. The van der Waals surface area contributed by atoms with Crippen LogP contribution < -0.4 is 4.74 Å². The zero-order chi connectivity index (χ0) is 17.0. The van der Waals surface area contributed by atoms with Crippen LogP contribution in [0.25, 0.3) is 0 Å². The van der Waals surface area contributed by atoms with E-state index in [1.54, 1.807) is 12.1 Å². The summed E-state index contributed by atoms with van der Waals surface area (Å²) in [5.41, 5.74) is 0.287. The van der Waals surface area contributed by atoms with Crippen molar-refractivity contribution in [2.24, 2.45) is 0 Å². The molecular formula is C16H15Cl2FN2O2. The first-order chi connectivity index (χ1) is 10.9. The molecule has 4 nitrogen and oxygen atoms in total. The topological polar surface area (TPSA) is 42.4 Å². The van der Waals surface area contributed by atoms with Crippen LogP contribution in [0.4, 0.5) is 4.39 Å².